The molecule has 0 amide bonds. The summed E-state index contributed by atoms with van der Waals surface area (Å²) in [4.78, 5) is 18.4. The number of nitrogens with two attached hydrogens (primary N) is 1. The van der Waals surface area contributed by atoms with Crippen LogP contribution in [0, 0.1) is 5.92 Å². The van der Waals surface area contributed by atoms with Crippen LogP contribution in [0.3, 0.4) is 0 Å². The Hall–Kier alpha value is -3.28. The van der Waals surface area contributed by atoms with Crippen LogP contribution in [0.15, 0.2) is 71.0 Å². The van der Waals surface area contributed by atoms with Gasteiger partial charge in [0.05, 0.1) is 17.3 Å². The molecule has 4 N–H and O–H groups in total. The third-order valence-corrected chi connectivity index (χ3v) is 4.87. The van der Waals surface area contributed by atoms with E-state index in [4.69, 9.17) is 5.73 Å². The third kappa shape index (κ3) is 6.88. The number of hydrogen-bond acceptors (Lipinski definition) is 5. The molecule has 1 unspecified atom stereocenters. The fraction of sp³-hybridized carbons (Fsp3) is 0.360. The molecule has 0 aliphatic heterocycles. The average molecular weight is 425 g/mol. The molecule has 0 aliphatic carbocycles. The van der Waals surface area contributed by atoms with Crippen LogP contribution in [0.4, 0.5) is 17.1 Å². The number of aliphatic carboxylic acids is 1. The number of aliphatic imine (C=N–C) groups is 1. The van der Waals surface area contributed by atoms with E-state index < -0.39 is 11.9 Å². The minimum atomic E-state index is -0.869. The smallest absolute Gasteiger partial charge is 0.311 e. The summed E-state index contributed by atoms with van der Waals surface area (Å²) in [5.41, 5.74) is 9.78. The van der Waals surface area contributed by atoms with Gasteiger partial charge in [0, 0.05) is 31.1 Å². The number of carboxylic acids is 1. The lowest BCUT2D eigenvalue weighted by molar-refractivity contribution is -0.140. The predicted molar refractivity (Wildman–Crippen MR) is 133 cm³/mol. The number of rotatable bonds is 9. The highest BCUT2D eigenvalue weighted by atomic mass is 16.4. The molecule has 168 valence electrons. The van der Waals surface area contributed by atoms with Crippen LogP contribution >= 0.6 is 0 Å². The van der Waals surface area contributed by atoms with Crippen LogP contribution in [-0.2, 0) is 4.79 Å². The van der Waals surface area contributed by atoms with Gasteiger partial charge in [-0.3, -0.25) is 9.79 Å². The van der Waals surface area contributed by atoms with E-state index >= 15 is 0 Å². The molecule has 6 nitrogen and oxygen atoms in total. The Balaban J connectivity index is 0.00000233. The number of hydrogen-bond donors (Lipinski definition) is 3. The minimum Gasteiger partial charge on any atom is -0.481 e. The highest BCUT2D eigenvalue weighted by Crippen LogP contribution is 2.31. The molecule has 31 heavy (non-hydrogen) atoms. The summed E-state index contributed by atoms with van der Waals surface area (Å²) in [5.74, 6) is -0.910. The van der Waals surface area contributed by atoms with Gasteiger partial charge >= 0.3 is 5.97 Å². The van der Waals surface area contributed by atoms with Gasteiger partial charge in [0.15, 0.2) is 0 Å². The van der Waals surface area contributed by atoms with Crippen LogP contribution in [0.5, 0.6) is 0 Å². The van der Waals surface area contributed by atoms with E-state index in [1.54, 1.807) is 7.05 Å². The van der Waals surface area contributed by atoms with Gasteiger partial charge in [-0.1, -0.05) is 57.5 Å². The number of benzene rings is 2. The Bertz CT molecular complexity index is 891. The van der Waals surface area contributed by atoms with Crippen molar-refractivity contribution in [1.82, 2.24) is 0 Å². The Morgan fingerprint density at radius 3 is 2.23 bits per heavy atom. The monoisotopic (exact) mass is 424 g/mol. The minimum absolute atomic E-state index is 0.510. The van der Waals surface area contributed by atoms with E-state index in [0.717, 1.165) is 17.8 Å². The van der Waals surface area contributed by atoms with Gasteiger partial charge in [0.25, 0.3) is 0 Å². The maximum Gasteiger partial charge on any atom is 0.311 e. The van der Waals surface area contributed by atoms with Crippen LogP contribution in [-0.4, -0.2) is 30.9 Å². The zero-order valence-corrected chi connectivity index (χ0v) is 19.5. The topological polar surface area (TPSA) is 90.9 Å². The summed E-state index contributed by atoms with van der Waals surface area (Å²) >= 11 is 0. The Kier molecular flexibility index (Phi) is 10.9. The van der Waals surface area contributed by atoms with Gasteiger partial charge in [0.1, 0.15) is 5.82 Å². The molecule has 0 aliphatic rings. The van der Waals surface area contributed by atoms with Gasteiger partial charge in [0.2, 0.25) is 0 Å². The molecule has 6 heteroatoms. The van der Waals surface area contributed by atoms with Crippen LogP contribution in [0.2, 0.25) is 0 Å². The van der Waals surface area contributed by atoms with E-state index in [2.05, 4.69) is 10.3 Å². The molecule has 1 atom stereocenters. The largest absolute Gasteiger partial charge is 0.481 e. The van der Waals surface area contributed by atoms with Crippen LogP contribution in [0.1, 0.15) is 40.5 Å². The fourth-order valence-corrected chi connectivity index (χ4v) is 3.29. The maximum absolute atomic E-state index is 12.2. The molecule has 0 spiro atoms. The second-order valence-corrected chi connectivity index (χ2v) is 6.86. The molecule has 0 aromatic heterocycles. The van der Waals surface area contributed by atoms with Gasteiger partial charge < -0.3 is 21.1 Å². The predicted octanol–water partition coefficient (Wildman–Crippen LogP) is 5.65. The number of carbonyl (C=O) groups is 1. The van der Waals surface area contributed by atoms with Gasteiger partial charge in [-0.15, -0.1) is 0 Å². The number of nitrogens with zero attached hydrogens (tertiary/aromatic N) is 2. The highest BCUT2D eigenvalue weighted by molar-refractivity contribution is 6.04. The van der Waals surface area contributed by atoms with Crippen molar-refractivity contribution in [3.63, 3.8) is 0 Å². The van der Waals surface area contributed by atoms with Crippen molar-refractivity contribution < 1.29 is 9.90 Å². The van der Waals surface area contributed by atoms with Crippen molar-refractivity contribution in [1.29, 1.82) is 0 Å². The number of nitrogen functional groups attached to an aromatic ring is 1. The first-order valence-electron chi connectivity index (χ1n) is 10.7. The maximum atomic E-state index is 12.2. The first-order valence-corrected chi connectivity index (χ1v) is 10.7. The first-order chi connectivity index (χ1) is 14.9. The Morgan fingerprint density at radius 1 is 1.13 bits per heavy atom. The van der Waals surface area contributed by atoms with Crippen molar-refractivity contribution in [2.45, 2.75) is 40.5 Å². The first kappa shape index (κ1) is 25.8. The molecular weight excluding hydrogens is 388 g/mol. The van der Waals surface area contributed by atoms with E-state index in [9.17, 15) is 9.90 Å². The van der Waals surface area contributed by atoms with Crippen molar-refractivity contribution in [3.05, 3.63) is 66.0 Å². The Morgan fingerprint density at radius 2 is 1.71 bits per heavy atom. The molecule has 0 bridgehead atoms. The lowest BCUT2D eigenvalue weighted by Crippen LogP contribution is -2.32. The summed E-state index contributed by atoms with van der Waals surface area (Å²) in [7, 11) is 3.56. The number of nitrogens with one attached hydrogen (secondary N) is 1. The molecule has 0 radical (unpaired) electrons. The van der Waals surface area contributed by atoms with E-state index in [-0.39, 0.29) is 0 Å². The molecule has 2 rings (SSSR count). The van der Waals surface area contributed by atoms with Crippen molar-refractivity contribution >= 4 is 28.7 Å². The number of anilines is 3. The summed E-state index contributed by atoms with van der Waals surface area (Å²) in [6.07, 6.45) is 1.25. The lowest BCUT2D eigenvalue weighted by atomic mass is 9.90. The molecule has 2 aromatic rings. The molecular formula is C25H36N4O2. The molecule has 2 aromatic carbocycles. The lowest BCUT2D eigenvalue weighted by Gasteiger charge is -2.30. The summed E-state index contributed by atoms with van der Waals surface area (Å²) in [6, 6.07) is 17.2. The molecule has 0 fully saturated rings. The Labute approximate surface area is 186 Å². The van der Waals surface area contributed by atoms with Crippen LogP contribution < -0.4 is 16.0 Å². The third-order valence-electron chi connectivity index (χ3n) is 4.87. The molecule has 0 heterocycles. The fourth-order valence-electron chi connectivity index (χ4n) is 3.29. The van der Waals surface area contributed by atoms with Gasteiger partial charge in [-0.2, -0.15) is 0 Å². The average Bonchev–Trinajstić information content (AvgIpc) is 2.79. The number of carboxylic acid groups (broad SMARTS) is 1. The van der Waals surface area contributed by atoms with Gasteiger partial charge in [-0.05, 0) is 37.6 Å². The standard InChI is InChI=1S/C23H30N4O2.C2H6/c1-5-11-18(23(28)29)21(16(2)25-3)22(26-17-12-7-6-8-13-17)27(4)20-15-10-9-14-19(20)24;1-2/h6-10,12-15,18,26H,5,11,24H2,1-4H3,(H,28,29);1-2H3/b22-21+,25-16?;. The normalized spacial score (nSPS) is 12.8. The molecule has 0 saturated heterocycles. The quantitative estimate of drug-likeness (QED) is 0.358. The summed E-state index contributed by atoms with van der Waals surface area (Å²) < 4.78 is 0. The summed E-state index contributed by atoms with van der Waals surface area (Å²) in [5, 5.41) is 13.4. The van der Waals surface area contributed by atoms with E-state index in [0.29, 0.717) is 29.2 Å². The number of para-hydroxylation sites is 3. The molecule has 0 saturated carbocycles. The zero-order chi connectivity index (χ0) is 23.4. The van der Waals surface area contributed by atoms with E-state index in [1.807, 2.05) is 94.2 Å². The van der Waals surface area contributed by atoms with Crippen molar-refractivity contribution in [3.8, 4) is 0 Å². The van der Waals surface area contributed by atoms with E-state index in [1.165, 1.54) is 0 Å². The van der Waals surface area contributed by atoms with Crippen molar-refractivity contribution in [2.24, 2.45) is 10.9 Å². The highest BCUT2D eigenvalue weighted by Gasteiger charge is 2.29. The zero-order valence-electron chi connectivity index (χ0n) is 19.5. The SMILES string of the molecule is CC.CCCC(C(=O)O)/C(C(C)=NC)=C(\Nc1ccccc1)N(C)c1ccccc1N. The second-order valence-electron chi connectivity index (χ2n) is 6.86. The summed E-state index contributed by atoms with van der Waals surface area (Å²) in [6.45, 7) is 7.82. The van der Waals surface area contributed by atoms with Gasteiger partial charge in [-0.25, -0.2) is 0 Å². The van der Waals surface area contributed by atoms with Crippen LogP contribution in [0.25, 0.3) is 0 Å². The van der Waals surface area contributed by atoms with Crippen molar-refractivity contribution in [2.75, 3.05) is 30.0 Å². The second kappa shape index (κ2) is 13.1.